The minimum atomic E-state index is -1.12. The number of hydrogen-bond donors (Lipinski definition) is 2. The van der Waals surface area contributed by atoms with Crippen LogP contribution in [0, 0.1) is 5.92 Å². The Bertz CT molecular complexity index is 761. The minimum Gasteiger partial charge on any atom is -0.478 e. The third-order valence-electron chi connectivity index (χ3n) is 4.93. The van der Waals surface area contributed by atoms with Crippen molar-refractivity contribution in [2.75, 3.05) is 20.2 Å². The number of ether oxygens (including phenoxy) is 1. The number of pyridine rings is 1. The number of rotatable bonds is 4. The van der Waals surface area contributed by atoms with Crippen LogP contribution >= 0.6 is 0 Å². The first-order chi connectivity index (χ1) is 11.7. The highest BCUT2D eigenvalue weighted by Gasteiger charge is 2.43. The molecule has 0 spiro atoms. The number of hydrogen-bond acceptors (Lipinski definition) is 6. The van der Waals surface area contributed by atoms with E-state index in [0.717, 1.165) is 6.54 Å². The standard InChI is InChI=1S/C17H22N4O4/c1-9(2)17(3)16(24)19-13(20-17)12-11(15(22)23)7-10(8-18-12)14-21(4)5-6-25-14/h7-9,14H,5-6H2,1-4H3,(H,22,23)(H,19,20,24). The first-order valence-electron chi connectivity index (χ1n) is 8.20. The number of nitrogens with zero attached hydrogens (tertiary/aromatic N) is 3. The van der Waals surface area contributed by atoms with Crippen molar-refractivity contribution in [1.29, 1.82) is 0 Å². The van der Waals surface area contributed by atoms with Gasteiger partial charge in [-0.05, 0) is 26.0 Å². The maximum atomic E-state index is 12.3. The Hall–Kier alpha value is -2.32. The van der Waals surface area contributed by atoms with E-state index in [1.807, 2.05) is 25.8 Å². The van der Waals surface area contributed by atoms with Gasteiger partial charge in [0.15, 0.2) is 5.84 Å². The molecule has 1 saturated heterocycles. The molecule has 8 nitrogen and oxygen atoms in total. The average Bonchev–Trinajstić information content (AvgIpc) is 3.11. The fourth-order valence-corrected chi connectivity index (χ4v) is 2.92. The maximum absolute atomic E-state index is 12.3. The van der Waals surface area contributed by atoms with E-state index in [0.29, 0.717) is 12.2 Å². The number of carbonyl (C=O) groups is 2. The van der Waals surface area contributed by atoms with Crippen LogP contribution in [0.3, 0.4) is 0 Å². The Morgan fingerprint density at radius 2 is 2.24 bits per heavy atom. The van der Waals surface area contributed by atoms with E-state index in [1.165, 1.54) is 6.07 Å². The van der Waals surface area contributed by atoms with E-state index in [4.69, 9.17) is 4.74 Å². The molecule has 3 heterocycles. The summed E-state index contributed by atoms with van der Waals surface area (Å²) in [6.07, 6.45) is 1.26. The molecule has 1 fully saturated rings. The number of carboxylic acids is 1. The van der Waals surface area contributed by atoms with Crippen molar-refractivity contribution in [3.63, 3.8) is 0 Å². The Balaban J connectivity index is 2.03. The van der Waals surface area contributed by atoms with Crippen molar-refractivity contribution in [3.8, 4) is 0 Å². The van der Waals surface area contributed by atoms with Crippen molar-refractivity contribution in [2.24, 2.45) is 10.9 Å². The predicted octanol–water partition coefficient (Wildman–Crippen LogP) is 1.03. The van der Waals surface area contributed by atoms with Crippen molar-refractivity contribution in [1.82, 2.24) is 15.2 Å². The summed E-state index contributed by atoms with van der Waals surface area (Å²) in [5.41, 5.74) is -0.110. The fraction of sp³-hybridized carbons (Fsp3) is 0.529. The van der Waals surface area contributed by atoms with Gasteiger partial charge in [-0.1, -0.05) is 13.8 Å². The van der Waals surface area contributed by atoms with E-state index in [2.05, 4.69) is 15.3 Å². The van der Waals surface area contributed by atoms with Gasteiger partial charge >= 0.3 is 5.97 Å². The number of carbonyl (C=O) groups excluding carboxylic acids is 1. The average molecular weight is 346 g/mol. The molecule has 0 aromatic carbocycles. The number of aromatic nitrogens is 1. The quantitative estimate of drug-likeness (QED) is 0.844. The van der Waals surface area contributed by atoms with Crippen LogP contribution in [0.2, 0.25) is 0 Å². The number of aromatic carboxylic acids is 1. The van der Waals surface area contributed by atoms with Gasteiger partial charge < -0.3 is 15.2 Å². The van der Waals surface area contributed by atoms with Gasteiger partial charge in [0.25, 0.3) is 5.91 Å². The molecule has 2 aliphatic heterocycles. The topological polar surface area (TPSA) is 104 Å². The summed E-state index contributed by atoms with van der Waals surface area (Å²) >= 11 is 0. The van der Waals surface area contributed by atoms with Gasteiger partial charge in [-0.2, -0.15) is 0 Å². The minimum absolute atomic E-state index is 0.00606. The Labute approximate surface area is 145 Å². The van der Waals surface area contributed by atoms with Gasteiger partial charge in [0.05, 0.1) is 12.2 Å². The van der Waals surface area contributed by atoms with Crippen molar-refractivity contribution >= 4 is 17.7 Å². The van der Waals surface area contributed by atoms with Crippen LogP contribution in [0.5, 0.6) is 0 Å². The van der Waals surface area contributed by atoms with Crippen molar-refractivity contribution < 1.29 is 19.4 Å². The SMILES string of the molecule is CC(C)C1(C)N=C(c2ncc(C3OCCN3C)cc2C(=O)O)NC1=O. The monoisotopic (exact) mass is 346 g/mol. The molecule has 1 aromatic heterocycles. The van der Waals surface area contributed by atoms with E-state index in [1.54, 1.807) is 13.1 Å². The van der Waals surface area contributed by atoms with E-state index in [-0.39, 0.29) is 35.1 Å². The molecule has 0 bridgehead atoms. The van der Waals surface area contributed by atoms with Gasteiger partial charge in [0.1, 0.15) is 17.5 Å². The zero-order valence-corrected chi connectivity index (χ0v) is 14.7. The van der Waals surface area contributed by atoms with Gasteiger partial charge in [-0.25, -0.2) is 9.79 Å². The molecular weight excluding hydrogens is 324 g/mol. The summed E-state index contributed by atoms with van der Waals surface area (Å²) in [7, 11) is 1.90. The summed E-state index contributed by atoms with van der Waals surface area (Å²) in [5, 5.41) is 12.3. The fourth-order valence-electron chi connectivity index (χ4n) is 2.92. The maximum Gasteiger partial charge on any atom is 0.338 e. The van der Waals surface area contributed by atoms with Crippen molar-refractivity contribution in [3.05, 3.63) is 29.1 Å². The molecular formula is C17H22N4O4. The van der Waals surface area contributed by atoms with Crippen LogP contribution in [0.4, 0.5) is 0 Å². The molecule has 25 heavy (non-hydrogen) atoms. The molecule has 1 amide bonds. The lowest BCUT2D eigenvalue weighted by Gasteiger charge is -2.21. The van der Waals surface area contributed by atoms with E-state index < -0.39 is 11.5 Å². The largest absolute Gasteiger partial charge is 0.478 e. The van der Waals surface area contributed by atoms with Crippen LogP contribution in [-0.4, -0.2) is 58.4 Å². The van der Waals surface area contributed by atoms with Crippen LogP contribution in [0.1, 0.15) is 48.6 Å². The predicted molar refractivity (Wildman–Crippen MR) is 90.4 cm³/mol. The third-order valence-corrected chi connectivity index (χ3v) is 4.93. The van der Waals surface area contributed by atoms with Gasteiger partial charge in [0.2, 0.25) is 0 Å². The van der Waals surface area contributed by atoms with Crippen LogP contribution < -0.4 is 5.32 Å². The molecule has 0 saturated carbocycles. The number of amides is 1. The summed E-state index contributed by atoms with van der Waals surface area (Å²) in [6.45, 7) is 6.88. The highest BCUT2D eigenvalue weighted by Crippen LogP contribution is 2.29. The van der Waals surface area contributed by atoms with Crippen LogP contribution in [0.25, 0.3) is 0 Å². The Morgan fingerprint density at radius 1 is 1.52 bits per heavy atom. The highest BCUT2D eigenvalue weighted by molar-refractivity contribution is 6.17. The molecule has 2 aliphatic rings. The second-order valence-corrected chi connectivity index (χ2v) is 6.89. The van der Waals surface area contributed by atoms with Crippen molar-refractivity contribution in [2.45, 2.75) is 32.5 Å². The molecule has 8 heteroatoms. The smallest absolute Gasteiger partial charge is 0.338 e. The molecule has 3 rings (SSSR count). The second kappa shape index (κ2) is 6.20. The summed E-state index contributed by atoms with van der Waals surface area (Å²) < 4.78 is 5.63. The molecule has 0 aliphatic carbocycles. The number of aliphatic imine (C=N–C) groups is 1. The Morgan fingerprint density at radius 3 is 2.76 bits per heavy atom. The number of likely N-dealkylation sites (N-methyl/N-ethyl adjacent to an activating group) is 1. The highest BCUT2D eigenvalue weighted by atomic mass is 16.5. The van der Waals surface area contributed by atoms with Crippen LogP contribution in [-0.2, 0) is 9.53 Å². The lowest BCUT2D eigenvalue weighted by Crippen LogP contribution is -2.41. The van der Waals surface area contributed by atoms with Crippen LogP contribution in [0.15, 0.2) is 17.3 Å². The molecule has 2 unspecified atom stereocenters. The summed E-state index contributed by atoms with van der Waals surface area (Å²) in [5.74, 6) is -1.21. The van der Waals surface area contributed by atoms with E-state index >= 15 is 0 Å². The molecule has 0 radical (unpaired) electrons. The van der Waals surface area contributed by atoms with Gasteiger partial charge in [-0.3, -0.25) is 14.7 Å². The first kappa shape index (κ1) is 17.5. The normalized spacial score (nSPS) is 26.8. The lowest BCUT2D eigenvalue weighted by atomic mass is 9.89. The number of nitrogens with one attached hydrogen (secondary N) is 1. The summed E-state index contributed by atoms with van der Waals surface area (Å²) in [4.78, 5) is 34.7. The summed E-state index contributed by atoms with van der Waals surface area (Å²) in [6, 6.07) is 1.54. The third kappa shape index (κ3) is 2.91. The number of amidine groups is 1. The lowest BCUT2D eigenvalue weighted by molar-refractivity contribution is -0.124. The molecule has 2 atom stereocenters. The molecule has 1 aromatic rings. The zero-order valence-electron chi connectivity index (χ0n) is 14.7. The van der Waals surface area contributed by atoms with Gasteiger partial charge in [-0.15, -0.1) is 0 Å². The second-order valence-electron chi connectivity index (χ2n) is 6.89. The molecule has 134 valence electrons. The number of carboxylic acid groups (broad SMARTS) is 1. The zero-order chi connectivity index (χ0) is 18.4. The molecule has 2 N–H and O–H groups in total. The Kier molecular flexibility index (Phi) is 4.34. The van der Waals surface area contributed by atoms with E-state index in [9.17, 15) is 14.7 Å². The first-order valence-corrected chi connectivity index (χ1v) is 8.20. The van der Waals surface area contributed by atoms with Gasteiger partial charge in [0, 0.05) is 18.3 Å².